The first-order chi connectivity index (χ1) is 10.8. The van der Waals surface area contributed by atoms with Gasteiger partial charge >= 0.3 is 0 Å². The Morgan fingerprint density at radius 2 is 1.78 bits per heavy atom. The number of carbonyl (C=O) groups excluding carboxylic acids is 1. The Hall–Kier alpha value is -0.820. The zero-order valence-corrected chi connectivity index (χ0v) is 15.3. The van der Waals surface area contributed by atoms with Crippen molar-refractivity contribution < 1.29 is 13.2 Å². The van der Waals surface area contributed by atoms with Gasteiger partial charge in [-0.1, -0.05) is 30.1 Å². The Balaban J connectivity index is 1.94. The predicted octanol–water partition coefficient (Wildman–Crippen LogP) is 2.32. The monoisotopic (exact) mass is 378 g/mol. The summed E-state index contributed by atoms with van der Waals surface area (Å²) in [6, 6.07) is 4.18. The molecule has 1 aliphatic heterocycles. The van der Waals surface area contributed by atoms with Gasteiger partial charge in [-0.25, -0.2) is 8.42 Å². The minimum absolute atomic E-state index is 0.0191. The van der Waals surface area contributed by atoms with Crippen molar-refractivity contribution in [2.75, 3.05) is 38.5 Å². The maximum absolute atomic E-state index is 12.3. The van der Waals surface area contributed by atoms with Crippen LogP contribution < -0.4 is 0 Å². The first kappa shape index (κ1) is 18.5. The van der Waals surface area contributed by atoms with Gasteiger partial charge in [0, 0.05) is 32.6 Å². The number of amides is 1. The van der Waals surface area contributed by atoms with Crippen LogP contribution in [0.25, 0.3) is 0 Å². The molecule has 8 heteroatoms. The summed E-state index contributed by atoms with van der Waals surface area (Å²) >= 11 is 11.6. The van der Waals surface area contributed by atoms with Crippen LogP contribution in [-0.4, -0.2) is 62.6 Å². The number of benzene rings is 1. The first-order valence-electron chi connectivity index (χ1n) is 7.51. The molecule has 0 spiro atoms. The largest absolute Gasteiger partial charge is 0.340 e. The summed E-state index contributed by atoms with van der Waals surface area (Å²) in [5, 5.41) is 0.491. The summed E-state index contributed by atoms with van der Waals surface area (Å²) in [4.78, 5) is 16.3. The fourth-order valence-corrected chi connectivity index (χ4v) is 4.10. The second kappa shape index (κ2) is 7.83. The van der Waals surface area contributed by atoms with E-state index in [2.05, 4.69) is 11.8 Å². The van der Waals surface area contributed by atoms with Crippen molar-refractivity contribution in [1.29, 1.82) is 0 Å². The lowest BCUT2D eigenvalue weighted by Crippen LogP contribution is -2.48. The van der Waals surface area contributed by atoms with E-state index in [1.165, 1.54) is 18.2 Å². The van der Waals surface area contributed by atoms with E-state index in [9.17, 15) is 13.2 Å². The molecule has 1 fully saturated rings. The maximum atomic E-state index is 12.3. The number of sulfone groups is 1. The Labute approximate surface area is 147 Å². The average molecular weight is 379 g/mol. The summed E-state index contributed by atoms with van der Waals surface area (Å²) in [5.41, 5.74) is 0. The van der Waals surface area contributed by atoms with Crippen LogP contribution in [0.3, 0.4) is 0 Å². The molecule has 2 rings (SSSR count). The van der Waals surface area contributed by atoms with E-state index in [1.54, 1.807) is 4.90 Å². The number of rotatable bonds is 5. The van der Waals surface area contributed by atoms with Gasteiger partial charge in [0.25, 0.3) is 0 Å². The molecule has 0 aliphatic carbocycles. The number of piperazine rings is 1. The van der Waals surface area contributed by atoms with Crippen LogP contribution >= 0.6 is 23.2 Å². The summed E-state index contributed by atoms with van der Waals surface area (Å²) in [6.07, 6.45) is -0.0191. The van der Waals surface area contributed by atoms with Crippen molar-refractivity contribution in [2.24, 2.45) is 0 Å². The van der Waals surface area contributed by atoms with Crippen LogP contribution in [0.4, 0.5) is 0 Å². The fraction of sp³-hybridized carbons (Fsp3) is 0.533. The van der Waals surface area contributed by atoms with Crippen molar-refractivity contribution >= 4 is 38.9 Å². The Morgan fingerprint density at radius 3 is 2.35 bits per heavy atom. The summed E-state index contributed by atoms with van der Waals surface area (Å²) in [6.45, 7) is 6.03. The van der Waals surface area contributed by atoms with E-state index in [0.29, 0.717) is 18.1 Å². The predicted molar refractivity (Wildman–Crippen MR) is 91.8 cm³/mol. The van der Waals surface area contributed by atoms with Gasteiger partial charge in [0.2, 0.25) is 5.91 Å². The molecule has 5 nitrogen and oxygen atoms in total. The molecule has 1 amide bonds. The molecule has 1 heterocycles. The first-order valence-corrected chi connectivity index (χ1v) is 9.92. The normalized spacial score (nSPS) is 16.6. The summed E-state index contributed by atoms with van der Waals surface area (Å²) < 4.78 is 24.6. The highest BCUT2D eigenvalue weighted by atomic mass is 35.5. The van der Waals surface area contributed by atoms with Crippen LogP contribution in [-0.2, 0) is 14.6 Å². The summed E-state index contributed by atoms with van der Waals surface area (Å²) in [7, 11) is -3.55. The fourth-order valence-electron chi connectivity index (χ4n) is 2.48. The van der Waals surface area contributed by atoms with Gasteiger partial charge in [-0.15, -0.1) is 0 Å². The molecule has 0 radical (unpaired) electrons. The molecular formula is C15H20Cl2N2O3S. The van der Waals surface area contributed by atoms with E-state index in [0.717, 1.165) is 19.6 Å². The van der Waals surface area contributed by atoms with Crippen LogP contribution in [0, 0.1) is 0 Å². The Bertz CT molecular complexity index is 671. The third-order valence-corrected chi connectivity index (χ3v) is 6.46. The minimum atomic E-state index is -3.55. The number of likely N-dealkylation sites (N-methyl/N-ethyl adjacent to an activating group) is 1. The smallest absolute Gasteiger partial charge is 0.223 e. The molecule has 1 aromatic carbocycles. The second-order valence-corrected chi connectivity index (χ2v) is 8.38. The second-order valence-electron chi connectivity index (χ2n) is 5.46. The van der Waals surface area contributed by atoms with Gasteiger partial charge in [0.05, 0.1) is 20.7 Å². The van der Waals surface area contributed by atoms with Gasteiger partial charge in [0.15, 0.2) is 9.84 Å². The van der Waals surface area contributed by atoms with E-state index in [4.69, 9.17) is 23.2 Å². The third-order valence-electron chi connectivity index (χ3n) is 4.01. The number of halogens is 2. The molecule has 128 valence electrons. The van der Waals surface area contributed by atoms with Crippen LogP contribution in [0.15, 0.2) is 23.1 Å². The van der Waals surface area contributed by atoms with Gasteiger partial charge < -0.3 is 9.80 Å². The minimum Gasteiger partial charge on any atom is -0.340 e. The third kappa shape index (κ3) is 4.83. The van der Waals surface area contributed by atoms with E-state index >= 15 is 0 Å². The van der Waals surface area contributed by atoms with Crippen LogP contribution in [0.1, 0.15) is 13.3 Å². The molecule has 0 bridgehead atoms. The zero-order chi connectivity index (χ0) is 17.0. The lowest BCUT2D eigenvalue weighted by Gasteiger charge is -2.34. The standard InChI is InChI=1S/C15H20Cl2N2O3S/c1-2-18-6-8-19(9-7-18)15(20)5-10-23(21,22)12-3-4-13(16)14(17)11-12/h3-4,11H,2,5-10H2,1H3. The number of hydrogen-bond donors (Lipinski definition) is 0. The molecule has 0 unspecified atom stereocenters. The van der Waals surface area contributed by atoms with E-state index in [1.807, 2.05) is 0 Å². The molecule has 0 aromatic heterocycles. The Morgan fingerprint density at radius 1 is 1.13 bits per heavy atom. The zero-order valence-electron chi connectivity index (χ0n) is 13.0. The van der Waals surface area contributed by atoms with Gasteiger partial charge in [0.1, 0.15) is 0 Å². The van der Waals surface area contributed by atoms with Crippen molar-refractivity contribution in [2.45, 2.75) is 18.2 Å². The molecule has 0 saturated carbocycles. The molecular weight excluding hydrogens is 359 g/mol. The highest BCUT2D eigenvalue weighted by molar-refractivity contribution is 7.91. The van der Waals surface area contributed by atoms with E-state index in [-0.39, 0.29) is 28.0 Å². The average Bonchev–Trinajstić information content (AvgIpc) is 2.55. The number of hydrogen-bond acceptors (Lipinski definition) is 4. The SMILES string of the molecule is CCN1CCN(C(=O)CCS(=O)(=O)c2ccc(Cl)c(Cl)c2)CC1. The quantitative estimate of drug-likeness (QED) is 0.788. The molecule has 0 atom stereocenters. The topological polar surface area (TPSA) is 57.7 Å². The van der Waals surface area contributed by atoms with Crippen molar-refractivity contribution in [3.05, 3.63) is 28.2 Å². The van der Waals surface area contributed by atoms with Crippen LogP contribution in [0.2, 0.25) is 10.0 Å². The lowest BCUT2D eigenvalue weighted by atomic mass is 10.3. The van der Waals surface area contributed by atoms with Crippen LogP contribution in [0.5, 0.6) is 0 Å². The number of nitrogens with zero attached hydrogens (tertiary/aromatic N) is 2. The van der Waals surface area contributed by atoms with Crippen molar-refractivity contribution in [1.82, 2.24) is 9.80 Å². The lowest BCUT2D eigenvalue weighted by molar-refractivity contribution is -0.132. The Kier molecular flexibility index (Phi) is 6.31. The van der Waals surface area contributed by atoms with Gasteiger partial charge in [-0.05, 0) is 24.7 Å². The highest BCUT2D eigenvalue weighted by Crippen LogP contribution is 2.25. The molecule has 1 aromatic rings. The van der Waals surface area contributed by atoms with Crippen molar-refractivity contribution in [3.8, 4) is 0 Å². The molecule has 0 N–H and O–H groups in total. The number of carbonyl (C=O) groups is 1. The summed E-state index contributed by atoms with van der Waals surface area (Å²) in [5.74, 6) is -0.345. The van der Waals surface area contributed by atoms with Crippen molar-refractivity contribution in [3.63, 3.8) is 0 Å². The molecule has 23 heavy (non-hydrogen) atoms. The molecule has 1 aliphatic rings. The van der Waals surface area contributed by atoms with Gasteiger partial charge in [-0.3, -0.25) is 4.79 Å². The highest BCUT2D eigenvalue weighted by Gasteiger charge is 2.23. The van der Waals surface area contributed by atoms with Gasteiger partial charge in [-0.2, -0.15) is 0 Å². The van der Waals surface area contributed by atoms with E-state index < -0.39 is 9.84 Å². The molecule has 1 saturated heterocycles. The maximum Gasteiger partial charge on any atom is 0.223 e.